The molecular formula is C29H59NO2. The molecule has 4 rings (SSSR count). The molecule has 0 saturated heterocycles. The zero-order valence-electron chi connectivity index (χ0n) is 23.7. The van der Waals surface area contributed by atoms with Crippen molar-refractivity contribution in [1.82, 2.24) is 4.90 Å². The smallest absolute Gasteiger partial charge is 0.133 e. The van der Waals surface area contributed by atoms with E-state index in [2.05, 4.69) is 32.8 Å². The zero-order valence-corrected chi connectivity index (χ0v) is 23.7. The standard InChI is InChI=1S/C23H39NO.3C2H6.H2O/c1-15(25)18-11-12-19-17-10-9-16-8-6-7-13-22(16,2)21(17)20(24(4)5)14-23(18,19)3;3*1-2;/h16-21H,6-14H2,1-5H3;3*1-2H3;1H2/t16?,17-,18+,19?,20+,21?,22-,23+;;;;/m0..../s1. The van der Waals surface area contributed by atoms with E-state index in [1.807, 2.05) is 48.5 Å². The van der Waals surface area contributed by atoms with Crippen LogP contribution in [0.25, 0.3) is 0 Å². The zero-order chi connectivity index (χ0) is 24.0. The second kappa shape index (κ2) is 13.5. The fraction of sp³-hybridized carbons (Fsp3) is 0.966. The normalized spacial score (nSPS) is 41.5. The Morgan fingerprint density at radius 2 is 1.41 bits per heavy atom. The molecule has 0 aliphatic heterocycles. The van der Waals surface area contributed by atoms with Crippen molar-refractivity contribution in [2.75, 3.05) is 14.1 Å². The largest absolute Gasteiger partial charge is 0.412 e. The van der Waals surface area contributed by atoms with Crippen LogP contribution < -0.4 is 0 Å². The molecule has 4 aliphatic rings. The van der Waals surface area contributed by atoms with Gasteiger partial charge in [0.25, 0.3) is 0 Å². The minimum atomic E-state index is 0. The Kier molecular flexibility index (Phi) is 13.3. The van der Waals surface area contributed by atoms with Gasteiger partial charge < -0.3 is 10.4 Å². The fourth-order valence-corrected chi connectivity index (χ4v) is 8.59. The Hall–Kier alpha value is -0.410. The first-order chi connectivity index (χ1) is 14.8. The van der Waals surface area contributed by atoms with E-state index in [0.717, 1.165) is 30.1 Å². The van der Waals surface area contributed by atoms with Crippen molar-refractivity contribution in [2.45, 2.75) is 126 Å². The molecule has 4 aliphatic carbocycles. The number of carbonyl (C=O) groups excluding carboxylic acids is 1. The average molecular weight is 454 g/mol. The maximum absolute atomic E-state index is 12.4. The lowest BCUT2D eigenvalue weighted by atomic mass is 9.43. The first-order valence-corrected chi connectivity index (χ1v) is 14.0. The highest BCUT2D eigenvalue weighted by atomic mass is 16.1. The minimum Gasteiger partial charge on any atom is -0.412 e. The maximum atomic E-state index is 12.4. The quantitative estimate of drug-likeness (QED) is 0.437. The molecule has 0 spiro atoms. The molecule has 4 saturated carbocycles. The molecule has 0 aromatic rings. The molecular weight excluding hydrogens is 394 g/mol. The van der Waals surface area contributed by atoms with Gasteiger partial charge in [0.15, 0.2) is 0 Å². The third kappa shape index (κ3) is 5.45. The second-order valence-corrected chi connectivity index (χ2v) is 10.8. The third-order valence-corrected chi connectivity index (χ3v) is 9.67. The SMILES string of the molecule is CC.CC.CC.CC(=O)[C@H]1CCC2[C@@H]3CCC4CCCC[C@]4(C)C3[C@H](N(C)C)C[C@@]21C.O. The number of ketones is 1. The first kappa shape index (κ1) is 31.6. The Labute approximate surface area is 201 Å². The number of hydrogen-bond acceptors (Lipinski definition) is 2. The Morgan fingerprint density at radius 3 is 1.94 bits per heavy atom. The molecule has 0 aromatic carbocycles. The van der Waals surface area contributed by atoms with Crippen LogP contribution in [0.4, 0.5) is 0 Å². The molecule has 0 amide bonds. The van der Waals surface area contributed by atoms with Crippen LogP contribution in [-0.4, -0.2) is 36.3 Å². The summed E-state index contributed by atoms with van der Waals surface area (Å²) in [5, 5.41) is 0. The topological polar surface area (TPSA) is 51.8 Å². The van der Waals surface area contributed by atoms with E-state index in [-0.39, 0.29) is 10.9 Å². The molecule has 8 atom stereocenters. The third-order valence-electron chi connectivity index (χ3n) is 9.67. The van der Waals surface area contributed by atoms with Crippen molar-refractivity contribution in [3.05, 3.63) is 0 Å². The summed E-state index contributed by atoms with van der Waals surface area (Å²) in [5.41, 5.74) is 0.797. The molecule has 0 aromatic heterocycles. The lowest BCUT2D eigenvalue weighted by Gasteiger charge is -2.64. The highest BCUT2D eigenvalue weighted by Crippen LogP contribution is 2.68. The van der Waals surface area contributed by atoms with Gasteiger partial charge >= 0.3 is 0 Å². The van der Waals surface area contributed by atoms with Gasteiger partial charge in [0.1, 0.15) is 5.78 Å². The maximum Gasteiger partial charge on any atom is 0.133 e. The molecule has 0 heterocycles. The van der Waals surface area contributed by atoms with Crippen molar-refractivity contribution in [1.29, 1.82) is 0 Å². The van der Waals surface area contributed by atoms with Gasteiger partial charge in [0.2, 0.25) is 0 Å². The Balaban J connectivity index is 0.00000127. The Bertz CT molecular complexity index is 547. The highest BCUT2D eigenvalue weighted by molar-refractivity contribution is 5.79. The van der Waals surface area contributed by atoms with Crippen LogP contribution in [0.1, 0.15) is 120 Å². The van der Waals surface area contributed by atoms with Crippen LogP contribution >= 0.6 is 0 Å². The van der Waals surface area contributed by atoms with Gasteiger partial charge in [-0.25, -0.2) is 0 Å². The van der Waals surface area contributed by atoms with E-state index in [1.165, 1.54) is 51.4 Å². The molecule has 4 fully saturated rings. The van der Waals surface area contributed by atoms with Gasteiger partial charge in [-0.3, -0.25) is 4.79 Å². The van der Waals surface area contributed by atoms with Crippen LogP contribution in [0.15, 0.2) is 0 Å². The van der Waals surface area contributed by atoms with E-state index >= 15 is 0 Å². The van der Waals surface area contributed by atoms with E-state index in [1.54, 1.807) is 0 Å². The number of carbonyl (C=O) groups is 1. The van der Waals surface area contributed by atoms with Gasteiger partial charge in [-0.15, -0.1) is 0 Å². The summed E-state index contributed by atoms with van der Waals surface area (Å²) < 4.78 is 0. The van der Waals surface area contributed by atoms with Gasteiger partial charge in [-0.05, 0) is 100 Å². The summed E-state index contributed by atoms with van der Waals surface area (Å²) in [5.74, 6) is 4.23. The van der Waals surface area contributed by atoms with E-state index in [0.29, 0.717) is 23.2 Å². The van der Waals surface area contributed by atoms with Crippen LogP contribution in [0.2, 0.25) is 0 Å². The lowest BCUT2D eigenvalue weighted by Crippen LogP contribution is -2.61. The number of rotatable bonds is 2. The van der Waals surface area contributed by atoms with Crippen molar-refractivity contribution in [3.8, 4) is 0 Å². The summed E-state index contributed by atoms with van der Waals surface area (Å²) in [7, 11) is 4.61. The van der Waals surface area contributed by atoms with E-state index in [9.17, 15) is 4.79 Å². The summed E-state index contributed by atoms with van der Waals surface area (Å²) in [6.07, 6.45) is 12.4. The molecule has 0 radical (unpaired) electrons. The number of hydrogen-bond donors (Lipinski definition) is 0. The average Bonchev–Trinajstić information content (AvgIpc) is 3.14. The molecule has 0 bridgehead atoms. The van der Waals surface area contributed by atoms with Crippen LogP contribution in [0.3, 0.4) is 0 Å². The fourth-order valence-electron chi connectivity index (χ4n) is 8.59. The van der Waals surface area contributed by atoms with E-state index < -0.39 is 0 Å². The molecule has 3 nitrogen and oxygen atoms in total. The van der Waals surface area contributed by atoms with Crippen molar-refractivity contribution >= 4 is 5.78 Å². The predicted octanol–water partition coefficient (Wildman–Crippen LogP) is 7.42. The summed E-state index contributed by atoms with van der Waals surface area (Å²) >= 11 is 0. The van der Waals surface area contributed by atoms with Crippen LogP contribution in [-0.2, 0) is 4.79 Å². The number of nitrogens with zero attached hydrogens (tertiary/aromatic N) is 1. The van der Waals surface area contributed by atoms with Crippen molar-refractivity contribution in [3.63, 3.8) is 0 Å². The minimum absolute atomic E-state index is 0. The van der Waals surface area contributed by atoms with Crippen molar-refractivity contribution < 1.29 is 10.3 Å². The van der Waals surface area contributed by atoms with Gasteiger partial charge in [-0.2, -0.15) is 0 Å². The van der Waals surface area contributed by atoms with Gasteiger partial charge in [0.05, 0.1) is 0 Å². The first-order valence-electron chi connectivity index (χ1n) is 14.0. The Morgan fingerprint density at radius 1 is 0.812 bits per heavy atom. The summed E-state index contributed by atoms with van der Waals surface area (Å²) in [6, 6.07) is 0.664. The molecule has 32 heavy (non-hydrogen) atoms. The van der Waals surface area contributed by atoms with Crippen molar-refractivity contribution in [2.24, 2.45) is 40.4 Å². The van der Waals surface area contributed by atoms with Gasteiger partial charge in [0, 0.05) is 12.0 Å². The van der Waals surface area contributed by atoms with E-state index in [4.69, 9.17) is 0 Å². The number of Topliss-reactive ketones (excluding diaryl/α,β-unsaturated/α-hetero) is 1. The van der Waals surface area contributed by atoms with Gasteiger partial charge in [-0.1, -0.05) is 68.2 Å². The monoisotopic (exact) mass is 453 g/mol. The highest BCUT2D eigenvalue weighted by Gasteiger charge is 2.63. The molecule has 192 valence electrons. The molecule has 3 unspecified atom stereocenters. The van der Waals surface area contributed by atoms with Crippen LogP contribution in [0, 0.1) is 40.4 Å². The second-order valence-electron chi connectivity index (χ2n) is 10.8. The lowest BCUT2D eigenvalue weighted by molar-refractivity contribution is -0.151. The predicted molar refractivity (Wildman–Crippen MR) is 141 cm³/mol. The molecule has 3 heteroatoms. The van der Waals surface area contributed by atoms with Crippen LogP contribution in [0.5, 0.6) is 0 Å². The molecule has 2 N–H and O–H groups in total. The summed E-state index contributed by atoms with van der Waals surface area (Å²) in [4.78, 5) is 15.0. The summed E-state index contributed by atoms with van der Waals surface area (Å²) in [6.45, 7) is 19.0. The number of fused-ring (bicyclic) bond motifs is 5.